The molecule has 11 heteroatoms. The minimum atomic E-state index is -1.20. The van der Waals surface area contributed by atoms with Crippen LogP contribution in [0.5, 0.6) is 0 Å². The maximum Gasteiger partial charge on any atom is 0.372 e. The predicted octanol–water partition coefficient (Wildman–Crippen LogP) is 3.22. The number of likely N-dealkylation sites (N-methyl/N-ethyl adjacent to an activating group) is 1. The standard InChI is InChI=1S/C20H17ClN4O5S/c1-24(6-7-26)19(27)11-2-3-14-13(8-11)22-18(20(28)29)25(14)10-12-9-15(30-23-12)16-4-5-17(21)31-16/h2-5,8-9,26H,6-7,10H2,1H3,(H,28,29). The van der Waals surface area contributed by atoms with Gasteiger partial charge in [-0.05, 0) is 30.3 Å². The molecule has 0 fully saturated rings. The molecule has 0 aliphatic rings. The van der Waals surface area contributed by atoms with Gasteiger partial charge in [0.25, 0.3) is 5.91 Å². The van der Waals surface area contributed by atoms with Gasteiger partial charge in [-0.25, -0.2) is 9.78 Å². The van der Waals surface area contributed by atoms with Gasteiger partial charge in [-0.2, -0.15) is 0 Å². The molecule has 3 aromatic heterocycles. The van der Waals surface area contributed by atoms with Gasteiger partial charge in [0.15, 0.2) is 5.76 Å². The van der Waals surface area contributed by atoms with Crippen LogP contribution in [0, 0.1) is 0 Å². The van der Waals surface area contributed by atoms with Gasteiger partial charge in [-0.15, -0.1) is 11.3 Å². The number of hydrogen-bond acceptors (Lipinski definition) is 7. The molecule has 2 N–H and O–H groups in total. The Morgan fingerprint density at radius 3 is 2.74 bits per heavy atom. The third-order valence-electron chi connectivity index (χ3n) is 4.66. The summed E-state index contributed by atoms with van der Waals surface area (Å²) in [5, 5.41) is 22.7. The van der Waals surface area contributed by atoms with Gasteiger partial charge in [0.1, 0.15) is 5.69 Å². The van der Waals surface area contributed by atoms with Crippen molar-refractivity contribution in [1.82, 2.24) is 19.6 Å². The van der Waals surface area contributed by atoms with Crippen molar-refractivity contribution in [3.05, 3.63) is 57.8 Å². The molecule has 1 aromatic carbocycles. The zero-order valence-electron chi connectivity index (χ0n) is 16.3. The average molecular weight is 461 g/mol. The number of thiophene rings is 1. The second-order valence-corrected chi connectivity index (χ2v) is 8.48. The highest BCUT2D eigenvalue weighted by Gasteiger charge is 2.21. The normalized spacial score (nSPS) is 11.2. The Morgan fingerprint density at radius 1 is 1.26 bits per heavy atom. The van der Waals surface area contributed by atoms with Crippen LogP contribution in [0.3, 0.4) is 0 Å². The second-order valence-electron chi connectivity index (χ2n) is 6.77. The highest BCUT2D eigenvalue weighted by atomic mass is 35.5. The SMILES string of the molecule is CN(CCO)C(=O)c1ccc2c(c1)nc(C(=O)O)n2Cc1cc(-c2ccc(Cl)s2)on1. The van der Waals surface area contributed by atoms with E-state index in [0.29, 0.717) is 32.4 Å². The number of carbonyl (C=O) groups is 2. The summed E-state index contributed by atoms with van der Waals surface area (Å²) in [5.74, 6) is -1.13. The van der Waals surface area contributed by atoms with Crippen molar-refractivity contribution in [2.75, 3.05) is 20.2 Å². The number of carbonyl (C=O) groups excluding carboxylic acids is 1. The van der Waals surface area contributed by atoms with Crippen LogP contribution in [0.1, 0.15) is 26.7 Å². The number of aliphatic hydroxyl groups excluding tert-OH is 1. The van der Waals surface area contributed by atoms with Crippen LogP contribution in [0.2, 0.25) is 4.34 Å². The number of carboxylic acid groups (broad SMARTS) is 1. The summed E-state index contributed by atoms with van der Waals surface area (Å²) in [6, 6.07) is 10.1. The van der Waals surface area contributed by atoms with E-state index in [4.69, 9.17) is 21.2 Å². The largest absolute Gasteiger partial charge is 0.475 e. The number of aromatic carboxylic acids is 1. The Labute approximate surface area is 185 Å². The molecule has 160 valence electrons. The molecule has 3 heterocycles. The molecule has 4 aromatic rings. The summed E-state index contributed by atoms with van der Waals surface area (Å²) in [5.41, 5.74) is 1.78. The molecule has 0 unspecified atom stereocenters. The first kappa shape index (κ1) is 21.0. The topological polar surface area (TPSA) is 122 Å². The lowest BCUT2D eigenvalue weighted by molar-refractivity contribution is 0.0678. The number of amides is 1. The van der Waals surface area contributed by atoms with Gasteiger partial charge >= 0.3 is 5.97 Å². The van der Waals surface area contributed by atoms with E-state index in [1.165, 1.54) is 26.9 Å². The van der Waals surface area contributed by atoms with Crippen LogP contribution in [0.15, 0.2) is 40.9 Å². The molecular formula is C20H17ClN4O5S. The van der Waals surface area contributed by atoms with E-state index in [2.05, 4.69) is 10.1 Å². The Kier molecular flexibility index (Phi) is 5.77. The number of halogens is 1. The van der Waals surface area contributed by atoms with Crippen LogP contribution < -0.4 is 0 Å². The van der Waals surface area contributed by atoms with E-state index in [1.807, 2.05) is 6.07 Å². The van der Waals surface area contributed by atoms with Crippen molar-refractivity contribution < 1.29 is 24.3 Å². The zero-order valence-corrected chi connectivity index (χ0v) is 17.9. The molecule has 1 amide bonds. The molecule has 0 bridgehead atoms. The van der Waals surface area contributed by atoms with E-state index in [1.54, 1.807) is 31.3 Å². The van der Waals surface area contributed by atoms with Crippen molar-refractivity contribution in [3.63, 3.8) is 0 Å². The summed E-state index contributed by atoms with van der Waals surface area (Å²) >= 11 is 7.31. The number of benzene rings is 1. The quantitative estimate of drug-likeness (QED) is 0.434. The zero-order chi connectivity index (χ0) is 22.1. The lowest BCUT2D eigenvalue weighted by Crippen LogP contribution is -2.29. The van der Waals surface area contributed by atoms with E-state index >= 15 is 0 Å². The summed E-state index contributed by atoms with van der Waals surface area (Å²) in [6.07, 6.45) is 0. The van der Waals surface area contributed by atoms with Gasteiger partial charge in [-0.3, -0.25) is 4.79 Å². The van der Waals surface area contributed by atoms with Crippen LogP contribution in [0.4, 0.5) is 0 Å². The smallest absolute Gasteiger partial charge is 0.372 e. The first-order valence-corrected chi connectivity index (χ1v) is 10.4. The molecule has 0 atom stereocenters. The van der Waals surface area contributed by atoms with Crippen molar-refractivity contribution in [3.8, 4) is 10.6 Å². The number of rotatable bonds is 7. The lowest BCUT2D eigenvalue weighted by atomic mass is 10.1. The number of hydrogen-bond donors (Lipinski definition) is 2. The highest BCUT2D eigenvalue weighted by molar-refractivity contribution is 7.19. The number of imidazole rings is 1. The van der Waals surface area contributed by atoms with Crippen LogP contribution in [-0.2, 0) is 6.54 Å². The molecule has 0 saturated carbocycles. The third kappa shape index (κ3) is 4.18. The molecule has 31 heavy (non-hydrogen) atoms. The highest BCUT2D eigenvalue weighted by Crippen LogP contribution is 2.31. The maximum absolute atomic E-state index is 12.5. The molecule has 0 radical (unpaired) electrons. The van der Waals surface area contributed by atoms with E-state index in [0.717, 1.165) is 4.88 Å². The fourth-order valence-corrected chi connectivity index (χ4v) is 4.16. The number of aliphatic hydroxyl groups is 1. The minimum absolute atomic E-state index is 0.123. The third-order valence-corrected chi connectivity index (χ3v) is 5.91. The van der Waals surface area contributed by atoms with Crippen molar-refractivity contribution in [2.45, 2.75) is 6.54 Å². The Bertz CT molecular complexity index is 1280. The Morgan fingerprint density at radius 2 is 2.06 bits per heavy atom. The fraction of sp³-hybridized carbons (Fsp3) is 0.200. The number of carboxylic acids is 1. The molecule has 4 rings (SSSR count). The second kappa shape index (κ2) is 8.50. The molecule has 0 saturated heterocycles. The average Bonchev–Trinajstić information content (AvgIpc) is 3.46. The van der Waals surface area contributed by atoms with E-state index in [-0.39, 0.29) is 31.4 Å². The summed E-state index contributed by atoms with van der Waals surface area (Å²) in [7, 11) is 1.58. The Hall–Kier alpha value is -3.21. The monoisotopic (exact) mass is 460 g/mol. The first-order valence-electron chi connectivity index (χ1n) is 9.18. The van der Waals surface area contributed by atoms with Gasteiger partial charge in [0.05, 0.1) is 33.4 Å². The number of nitrogens with zero attached hydrogens (tertiary/aromatic N) is 4. The van der Waals surface area contributed by atoms with Crippen molar-refractivity contribution in [1.29, 1.82) is 0 Å². The van der Waals surface area contributed by atoms with E-state index < -0.39 is 5.97 Å². The fourth-order valence-electron chi connectivity index (χ4n) is 3.17. The minimum Gasteiger partial charge on any atom is -0.475 e. The van der Waals surface area contributed by atoms with Gasteiger partial charge < -0.3 is 24.2 Å². The van der Waals surface area contributed by atoms with Crippen molar-refractivity contribution in [2.24, 2.45) is 0 Å². The molecule has 0 aliphatic heterocycles. The number of aromatic nitrogens is 3. The van der Waals surface area contributed by atoms with Gasteiger partial charge in [0, 0.05) is 25.2 Å². The summed E-state index contributed by atoms with van der Waals surface area (Å²) in [4.78, 5) is 30.6. The van der Waals surface area contributed by atoms with Crippen molar-refractivity contribution >= 4 is 45.8 Å². The Balaban J connectivity index is 1.68. The summed E-state index contributed by atoms with van der Waals surface area (Å²) in [6.45, 7) is 0.160. The van der Waals surface area contributed by atoms with Gasteiger partial charge in [-0.1, -0.05) is 16.8 Å². The number of fused-ring (bicyclic) bond motifs is 1. The first-order chi connectivity index (χ1) is 14.9. The maximum atomic E-state index is 12.5. The molecule has 0 aliphatic carbocycles. The summed E-state index contributed by atoms with van der Waals surface area (Å²) < 4.78 is 7.50. The van der Waals surface area contributed by atoms with Crippen LogP contribution in [-0.4, -0.2) is 61.9 Å². The molecule has 9 nitrogen and oxygen atoms in total. The lowest BCUT2D eigenvalue weighted by Gasteiger charge is -2.15. The molecular weight excluding hydrogens is 444 g/mol. The van der Waals surface area contributed by atoms with Crippen LogP contribution in [0.25, 0.3) is 21.7 Å². The van der Waals surface area contributed by atoms with E-state index in [9.17, 15) is 14.7 Å². The molecule has 0 spiro atoms. The van der Waals surface area contributed by atoms with Crippen LogP contribution >= 0.6 is 22.9 Å². The van der Waals surface area contributed by atoms with Gasteiger partial charge in [0.2, 0.25) is 5.82 Å². The predicted molar refractivity (Wildman–Crippen MR) is 115 cm³/mol.